The van der Waals surface area contributed by atoms with Crippen LogP contribution in [0.5, 0.6) is 0 Å². The van der Waals surface area contributed by atoms with Gasteiger partial charge in [-0.3, -0.25) is 0 Å². The van der Waals surface area contributed by atoms with Crippen molar-refractivity contribution in [2.45, 2.75) is 11.8 Å². The molecule has 0 saturated carbocycles. The second-order valence-electron chi connectivity index (χ2n) is 7.76. The molecule has 8 heteroatoms. The molecule has 0 saturated heterocycles. The van der Waals surface area contributed by atoms with Gasteiger partial charge in [0.2, 0.25) is 10.0 Å². The number of carbonyl (C=O) groups is 2. The van der Waals surface area contributed by atoms with Crippen LogP contribution >= 0.6 is 0 Å². The van der Waals surface area contributed by atoms with Gasteiger partial charge in [0.05, 0.1) is 43.3 Å². The number of benzene rings is 3. The van der Waals surface area contributed by atoms with Crippen molar-refractivity contribution in [3.8, 4) is 23.7 Å². The number of sulfonamides is 1. The molecule has 0 aliphatic rings. The Kier molecular flexibility index (Phi) is 9.23. The van der Waals surface area contributed by atoms with Crippen LogP contribution in [0, 0.1) is 30.6 Å². The minimum absolute atomic E-state index is 0.103. The molecule has 0 fully saturated rings. The van der Waals surface area contributed by atoms with Crippen molar-refractivity contribution in [2.24, 2.45) is 0 Å². The molecule has 0 bridgehead atoms. The fraction of sp³-hybridized carbons (Fsp3) is 0.172. The average molecular weight is 516 g/mol. The molecular formula is C29H25NO6S. The third-order valence-corrected chi connectivity index (χ3v) is 7.09. The van der Waals surface area contributed by atoms with Crippen molar-refractivity contribution in [3.63, 3.8) is 0 Å². The van der Waals surface area contributed by atoms with Gasteiger partial charge in [-0.25, -0.2) is 18.0 Å². The fourth-order valence-corrected chi connectivity index (χ4v) is 4.54. The lowest BCUT2D eigenvalue weighted by Gasteiger charge is -2.17. The van der Waals surface area contributed by atoms with Gasteiger partial charge < -0.3 is 9.47 Å². The van der Waals surface area contributed by atoms with Crippen LogP contribution in [0.25, 0.3) is 0 Å². The van der Waals surface area contributed by atoms with Crippen molar-refractivity contribution in [2.75, 3.05) is 27.3 Å². The molecule has 0 amide bonds. The number of hydrogen-bond acceptors (Lipinski definition) is 6. The SMILES string of the molecule is COC(=O)c1ccccc1C#CCN(CC#Cc1ccccc1C(=O)OC)S(=O)(=O)c1ccc(C)cc1. The van der Waals surface area contributed by atoms with E-state index in [-0.39, 0.29) is 29.1 Å². The molecule has 0 heterocycles. The van der Waals surface area contributed by atoms with Crippen molar-refractivity contribution >= 4 is 22.0 Å². The standard InChI is InChI=1S/C29H25NO6S/c1-22-16-18-25(19-17-22)37(33,34)30(20-8-12-23-10-4-6-14-26(23)28(31)35-2)21-9-13-24-11-5-7-15-27(24)29(32)36-3/h4-7,10-11,14-19H,20-21H2,1-3H3. The molecule has 0 spiro atoms. The Morgan fingerprint density at radius 3 is 1.59 bits per heavy atom. The minimum Gasteiger partial charge on any atom is -0.465 e. The average Bonchev–Trinajstić information content (AvgIpc) is 2.92. The molecule has 0 aliphatic heterocycles. The Morgan fingerprint density at radius 2 is 1.16 bits per heavy atom. The zero-order valence-corrected chi connectivity index (χ0v) is 21.5. The topological polar surface area (TPSA) is 90.0 Å². The third-order valence-electron chi connectivity index (χ3n) is 5.28. The van der Waals surface area contributed by atoms with Gasteiger partial charge in [0.15, 0.2) is 0 Å². The summed E-state index contributed by atoms with van der Waals surface area (Å²) < 4.78 is 37.5. The van der Waals surface area contributed by atoms with E-state index in [1.54, 1.807) is 60.7 Å². The molecule has 3 rings (SSSR count). The van der Waals surface area contributed by atoms with Gasteiger partial charge in [0.25, 0.3) is 0 Å². The maximum Gasteiger partial charge on any atom is 0.339 e. The van der Waals surface area contributed by atoms with E-state index in [4.69, 9.17) is 9.47 Å². The van der Waals surface area contributed by atoms with Crippen molar-refractivity contribution in [1.82, 2.24) is 4.31 Å². The first-order chi connectivity index (χ1) is 17.8. The summed E-state index contributed by atoms with van der Waals surface area (Å²) >= 11 is 0. The van der Waals surface area contributed by atoms with E-state index >= 15 is 0 Å². The number of aryl methyl sites for hydroxylation is 1. The Balaban J connectivity index is 1.95. The van der Waals surface area contributed by atoms with Crippen LogP contribution in [0.3, 0.4) is 0 Å². The second-order valence-corrected chi connectivity index (χ2v) is 9.70. The lowest BCUT2D eigenvalue weighted by molar-refractivity contribution is 0.0591. The second kappa shape index (κ2) is 12.5. The molecule has 0 aromatic heterocycles. The lowest BCUT2D eigenvalue weighted by atomic mass is 10.1. The van der Waals surface area contributed by atoms with E-state index in [1.807, 2.05) is 6.92 Å². The molecule has 7 nitrogen and oxygen atoms in total. The van der Waals surface area contributed by atoms with Crippen LogP contribution in [-0.4, -0.2) is 52.0 Å². The van der Waals surface area contributed by atoms with Gasteiger partial charge in [-0.2, -0.15) is 4.31 Å². The van der Waals surface area contributed by atoms with E-state index in [2.05, 4.69) is 23.7 Å². The normalized spacial score (nSPS) is 10.5. The third kappa shape index (κ3) is 6.86. The Bertz CT molecular complexity index is 1440. The van der Waals surface area contributed by atoms with Crippen molar-refractivity contribution < 1.29 is 27.5 Å². The number of methoxy groups -OCH3 is 2. The number of nitrogens with zero attached hydrogens (tertiary/aromatic N) is 1. The maximum atomic E-state index is 13.4. The highest BCUT2D eigenvalue weighted by Gasteiger charge is 2.23. The van der Waals surface area contributed by atoms with Crippen LogP contribution < -0.4 is 0 Å². The van der Waals surface area contributed by atoms with E-state index in [0.717, 1.165) is 9.87 Å². The number of rotatable bonds is 6. The van der Waals surface area contributed by atoms with Gasteiger partial charge >= 0.3 is 11.9 Å². The van der Waals surface area contributed by atoms with Crippen LogP contribution in [0.1, 0.15) is 37.4 Å². The minimum atomic E-state index is -3.94. The number of hydrogen-bond donors (Lipinski definition) is 0. The van der Waals surface area contributed by atoms with Crippen LogP contribution in [-0.2, 0) is 19.5 Å². The van der Waals surface area contributed by atoms with Gasteiger partial charge in [0, 0.05) is 11.1 Å². The molecule has 37 heavy (non-hydrogen) atoms. The summed E-state index contributed by atoms with van der Waals surface area (Å²) in [6, 6.07) is 19.8. The largest absolute Gasteiger partial charge is 0.465 e. The highest BCUT2D eigenvalue weighted by Crippen LogP contribution is 2.16. The van der Waals surface area contributed by atoms with Crippen LogP contribution in [0.15, 0.2) is 77.7 Å². The van der Waals surface area contributed by atoms with E-state index < -0.39 is 22.0 Å². The molecule has 3 aromatic rings. The van der Waals surface area contributed by atoms with Gasteiger partial charge in [-0.05, 0) is 43.3 Å². The summed E-state index contributed by atoms with van der Waals surface area (Å²) in [6.45, 7) is 1.50. The fourth-order valence-electron chi connectivity index (χ4n) is 3.29. The van der Waals surface area contributed by atoms with Crippen LogP contribution in [0.4, 0.5) is 0 Å². The first-order valence-corrected chi connectivity index (χ1v) is 12.6. The maximum absolute atomic E-state index is 13.4. The molecule has 0 unspecified atom stereocenters. The highest BCUT2D eigenvalue weighted by atomic mass is 32.2. The van der Waals surface area contributed by atoms with Gasteiger partial charge in [-0.15, -0.1) is 0 Å². The summed E-state index contributed by atoms with van der Waals surface area (Å²) in [5, 5.41) is 0. The van der Waals surface area contributed by atoms with E-state index in [9.17, 15) is 18.0 Å². The summed E-state index contributed by atoms with van der Waals surface area (Å²) in [5.41, 5.74) is 2.32. The Labute approximate surface area is 217 Å². The zero-order valence-electron chi connectivity index (χ0n) is 20.6. The summed E-state index contributed by atoms with van der Waals surface area (Å²) in [4.78, 5) is 24.2. The first kappa shape index (κ1) is 27.2. The molecule has 0 radical (unpaired) electrons. The predicted octanol–water partition coefficient (Wildman–Crippen LogP) is 3.66. The van der Waals surface area contributed by atoms with E-state index in [0.29, 0.717) is 11.1 Å². The Hall–Kier alpha value is -4.37. The molecule has 0 aliphatic carbocycles. The zero-order chi connectivity index (χ0) is 26.8. The van der Waals surface area contributed by atoms with Gasteiger partial charge in [0.1, 0.15) is 0 Å². The van der Waals surface area contributed by atoms with Gasteiger partial charge in [-0.1, -0.05) is 65.6 Å². The predicted molar refractivity (Wildman–Crippen MR) is 139 cm³/mol. The van der Waals surface area contributed by atoms with Crippen LogP contribution in [0.2, 0.25) is 0 Å². The molecular weight excluding hydrogens is 490 g/mol. The Morgan fingerprint density at radius 1 is 0.730 bits per heavy atom. The number of esters is 2. The quantitative estimate of drug-likeness (QED) is 0.368. The molecule has 188 valence electrons. The molecule has 3 aromatic carbocycles. The van der Waals surface area contributed by atoms with Crippen molar-refractivity contribution in [1.29, 1.82) is 0 Å². The van der Waals surface area contributed by atoms with E-state index in [1.165, 1.54) is 26.4 Å². The van der Waals surface area contributed by atoms with Crippen molar-refractivity contribution in [3.05, 3.63) is 101 Å². The first-order valence-electron chi connectivity index (χ1n) is 11.2. The highest BCUT2D eigenvalue weighted by molar-refractivity contribution is 7.89. The summed E-state index contributed by atoms with van der Waals surface area (Å²) in [5.74, 6) is 10.3. The monoisotopic (exact) mass is 515 g/mol. The molecule has 0 atom stereocenters. The number of carbonyl (C=O) groups excluding carboxylic acids is 2. The molecule has 0 N–H and O–H groups in total. The smallest absolute Gasteiger partial charge is 0.339 e. The number of ether oxygens (including phenoxy) is 2. The summed E-state index contributed by atoms with van der Waals surface area (Å²) in [6.07, 6.45) is 0. The lowest BCUT2D eigenvalue weighted by Crippen LogP contribution is -2.32. The summed E-state index contributed by atoms with van der Waals surface area (Å²) in [7, 11) is -1.39.